The fourth-order valence-corrected chi connectivity index (χ4v) is 3.74. The summed E-state index contributed by atoms with van der Waals surface area (Å²) in [7, 11) is -2.86. The van der Waals surface area contributed by atoms with Gasteiger partial charge < -0.3 is 8.85 Å². The standard InChI is InChI=1S/C16H24O2Si/c1-9-15(7,10-2)17-19(13-5,14-6)18-16(8,11-3)12-4/h1,3,13-14H,5-6,10,12H2,2,4,7-8H3. The average molecular weight is 276 g/mol. The highest BCUT2D eigenvalue weighted by molar-refractivity contribution is 6.77. The fraction of sp³-hybridized carbons (Fsp3) is 0.500. The van der Waals surface area contributed by atoms with E-state index in [9.17, 15) is 0 Å². The van der Waals surface area contributed by atoms with Crippen LogP contribution in [0.15, 0.2) is 24.6 Å². The molecule has 0 bridgehead atoms. The monoisotopic (exact) mass is 276 g/mol. The van der Waals surface area contributed by atoms with Gasteiger partial charge in [0.05, 0.1) is 0 Å². The van der Waals surface area contributed by atoms with Gasteiger partial charge in [-0.2, -0.15) is 0 Å². The van der Waals surface area contributed by atoms with Crippen LogP contribution in [0.3, 0.4) is 0 Å². The summed E-state index contributed by atoms with van der Waals surface area (Å²) in [6.07, 6.45) is 12.4. The fourth-order valence-electron chi connectivity index (χ4n) is 1.38. The summed E-state index contributed by atoms with van der Waals surface area (Å²) in [4.78, 5) is 0. The number of terminal acetylenes is 2. The average Bonchev–Trinajstić information content (AvgIpc) is 2.46. The first-order valence-corrected chi connectivity index (χ1v) is 8.38. The van der Waals surface area contributed by atoms with Crippen molar-refractivity contribution >= 4 is 8.56 Å². The summed E-state index contributed by atoms with van der Waals surface area (Å²) in [6.45, 7) is 15.3. The van der Waals surface area contributed by atoms with Crippen LogP contribution < -0.4 is 0 Å². The molecule has 2 unspecified atom stereocenters. The smallest absolute Gasteiger partial charge is 0.371 e. The Morgan fingerprint density at radius 2 is 1.32 bits per heavy atom. The van der Waals surface area contributed by atoms with Gasteiger partial charge in [-0.15, -0.1) is 26.0 Å². The van der Waals surface area contributed by atoms with Gasteiger partial charge in [0.15, 0.2) is 0 Å². The zero-order valence-electron chi connectivity index (χ0n) is 12.5. The van der Waals surface area contributed by atoms with Crippen molar-refractivity contribution in [1.82, 2.24) is 0 Å². The van der Waals surface area contributed by atoms with Crippen molar-refractivity contribution in [1.29, 1.82) is 0 Å². The molecule has 2 atom stereocenters. The van der Waals surface area contributed by atoms with Crippen LogP contribution in [0.25, 0.3) is 0 Å². The maximum atomic E-state index is 6.07. The molecule has 0 aliphatic rings. The molecule has 3 heteroatoms. The van der Waals surface area contributed by atoms with Gasteiger partial charge >= 0.3 is 8.56 Å². The zero-order valence-corrected chi connectivity index (χ0v) is 13.5. The summed E-state index contributed by atoms with van der Waals surface area (Å²) in [5.74, 6) is 5.32. The molecule has 0 saturated carbocycles. The molecule has 0 aromatic carbocycles. The molecule has 0 spiro atoms. The lowest BCUT2D eigenvalue weighted by atomic mass is 10.1. The Labute approximate surface area is 119 Å². The normalized spacial score (nSPS) is 17.4. The zero-order chi connectivity index (χ0) is 15.2. The molecule has 19 heavy (non-hydrogen) atoms. The van der Waals surface area contributed by atoms with Gasteiger partial charge in [-0.1, -0.05) is 25.7 Å². The molecular weight excluding hydrogens is 252 g/mol. The SMILES string of the molecule is C#CC(C)(CC)O[Si](C=C)(C=C)OC(C)(C#C)CC. The Kier molecular flexibility index (Phi) is 6.32. The van der Waals surface area contributed by atoms with E-state index in [4.69, 9.17) is 21.7 Å². The molecule has 104 valence electrons. The van der Waals surface area contributed by atoms with Gasteiger partial charge in [0.25, 0.3) is 0 Å². The molecule has 0 amide bonds. The highest BCUT2D eigenvalue weighted by atomic mass is 28.4. The molecule has 0 fully saturated rings. The lowest BCUT2D eigenvalue weighted by Crippen LogP contribution is -2.51. The predicted octanol–water partition coefficient (Wildman–Crippen LogP) is 3.52. The molecule has 0 radical (unpaired) electrons. The first-order valence-electron chi connectivity index (χ1n) is 6.41. The molecule has 0 saturated heterocycles. The van der Waals surface area contributed by atoms with Crippen molar-refractivity contribution in [3.05, 3.63) is 24.6 Å². The molecule has 0 aliphatic carbocycles. The minimum Gasteiger partial charge on any atom is -0.371 e. The van der Waals surface area contributed by atoms with E-state index in [0.29, 0.717) is 12.8 Å². The van der Waals surface area contributed by atoms with Gasteiger partial charge in [0.1, 0.15) is 11.2 Å². The van der Waals surface area contributed by atoms with Gasteiger partial charge in [-0.25, -0.2) is 0 Å². The second kappa shape index (κ2) is 6.77. The van der Waals surface area contributed by atoms with Gasteiger partial charge in [0.2, 0.25) is 0 Å². The second-order valence-electron chi connectivity index (χ2n) is 4.79. The van der Waals surface area contributed by atoms with Crippen molar-refractivity contribution in [3.8, 4) is 24.7 Å². The third-order valence-electron chi connectivity index (χ3n) is 3.30. The van der Waals surface area contributed by atoms with Crippen LogP contribution in [0.4, 0.5) is 0 Å². The maximum absolute atomic E-state index is 6.07. The third-order valence-corrected chi connectivity index (χ3v) is 5.98. The Morgan fingerprint density at radius 1 is 1.00 bits per heavy atom. The van der Waals surface area contributed by atoms with Gasteiger partial charge in [-0.05, 0) is 38.1 Å². The topological polar surface area (TPSA) is 18.5 Å². The Balaban J connectivity index is 5.42. The quantitative estimate of drug-likeness (QED) is 0.499. The van der Waals surface area contributed by atoms with Gasteiger partial charge in [0, 0.05) is 0 Å². The number of hydrogen-bond acceptors (Lipinski definition) is 2. The van der Waals surface area contributed by atoms with E-state index >= 15 is 0 Å². The van der Waals surface area contributed by atoms with Crippen molar-refractivity contribution in [2.45, 2.75) is 51.7 Å². The molecule has 0 aliphatic heterocycles. The molecule has 0 rings (SSSR count). The highest BCUT2D eigenvalue weighted by Crippen LogP contribution is 2.28. The Morgan fingerprint density at radius 3 is 1.47 bits per heavy atom. The van der Waals surface area contributed by atoms with Crippen LogP contribution in [0.5, 0.6) is 0 Å². The van der Waals surface area contributed by atoms with Crippen LogP contribution in [0.2, 0.25) is 0 Å². The largest absolute Gasteiger partial charge is 0.393 e. The summed E-state index contributed by atoms with van der Waals surface area (Å²) < 4.78 is 12.1. The van der Waals surface area contributed by atoms with E-state index in [1.54, 1.807) is 11.4 Å². The van der Waals surface area contributed by atoms with Crippen molar-refractivity contribution in [2.75, 3.05) is 0 Å². The van der Waals surface area contributed by atoms with Crippen molar-refractivity contribution < 1.29 is 8.85 Å². The van der Waals surface area contributed by atoms with Crippen molar-refractivity contribution in [3.63, 3.8) is 0 Å². The number of hydrogen-bond donors (Lipinski definition) is 0. The first kappa shape index (κ1) is 17.7. The minimum atomic E-state index is -2.86. The van der Waals surface area contributed by atoms with Crippen LogP contribution >= 0.6 is 0 Å². The van der Waals surface area contributed by atoms with Gasteiger partial charge in [-0.3, -0.25) is 0 Å². The molecule has 2 nitrogen and oxygen atoms in total. The highest BCUT2D eigenvalue weighted by Gasteiger charge is 2.42. The van der Waals surface area contributed by atoms with Crippen LogP contribution in [-0.4, -0.2) is 19.8 Å². The van der Waals surface area contributed by atoms with Crippen LogP contribution in [-0.2, 0) is 8.85 Å². The lowest BCUT2D eigenvalue weighted by Gasteiger charge is -2.38. The molecular formula is C16H24O2Si. The summed E-state index contributed by atoms with van der Waals surface area (Å²) in [5.41, 5.74) is 1.91. The predicted molar refractivity (Wildman–Crippen MR) is 83.4 cm³/mol. The molecule has 0 aromatic heterocycles. The Bertz CT molecular complexity index is 375. The van der Waals surface area contributed by atoms with E-state index in [2.05, 4.69) is 25.0 Å². The molecule has 0 aromatic rings. The van der Waals surface area contributed by atoms with E-state index < -0.39 is 19.8 Å². The molecule has 0 heterocycles. The minimum absolute atomic E-state index is 0.669. The summed E-state index contributed by atoms with van der Waals surface area (Å²) in [6, 6.07) is 0. The van der Waals surface area contributed by atoms with Crippen LogP contribution in [0, 0.1) is 24.7 Å². The lowest BCUT2D eigenvalue weighted by molar-refractivity contribution is 0.0426. The Hall–Kier alpha value is -1.26. The molecule has 0 N–H and O–H groups in total. The maximum Gasteiger partial charge on any atom is 0.393 e. The first-order chi connectivity index (χ1) is 8.78. The summed E-state index contributed by atoms with van der Waals surface area (Å²) in [5, 5.41) is 0. The summed E-state index contributed by atoms with van der Waals surface area (Å²) >= 11 is 0. The second-order valence-corrected chi connectivity index (χ2v) is 7.46. The van der Waals surface area contributed by atoms with E-state index in [-0.39, 0.29) is 0 Å². The van der Waals surface area contributed by atoms with E-state index in [1.165, 1.54) is 0 Å². The van der Waals surface area contributed by atoms with E-state index in [1.807, 2.05) is 27.7 Å². The van der Waals surface area contributed by atoms with E-state index in [0.717, 1.165) is 0 Å². The van der Waals surface area contributed by atoms with Crippen molar-refractivity contribution in [2.24, 2.45) is 0 Å². The number of rotatable bonds is 8. The van der Waals surface area contributed by atoms with Crippen LogP contribution in [0.1, 0.15) is 40.5 Å². The third kappa shape index (κ3) is 4.40.